The Balaban J connectivity index is 1.34. The quantitative estimate of drug-likeness (QED) is 0.410. The van der Waals surface area contributed by atoms with E-state index >= 15 is 0 Å². The third-order valence-corrected chi connectivity index (χ3v) is 7.77. The van der Waals surface area contributed by atoms with E-state index in [4.69, 9.17) is 9.47 Å². The molecule has 0 saturated heterocycles. The molecule has 0 radical (unpaired) electrons. The molecule has 1 aromatic heterocycles. The topological polar surface area (TPSA) is 59.1 Å². The molecule has 2 heterocycles. The van der Waals surface area contributed by atoms with Crippen LogP contribution in [0.15, 0.2) is 60.0 Å². The van der Waals surface area contributed by atoms with Crippen molar-refractivity contribution in [2.75, 3.05) is 33.4 Å². The van der Waals surface area contributed by atoms with Crippen molar-refractivity contribution in [2.45, 2.75) is 25.3 Å². The molecule has 1 atom stereocenters. The number of ether oxygens (including phenoxy) is 2. The summed E-state index contributed by atoms with van der Waals surface area (Å²) >= 11 is 1.66. The van der Waals surface area contributed by atoms with Crippen molar-refractivity contribution in [3.05, 3.63) is 81.8 Å². The van der Waals surface area contributed by atoms with Crippen LogP contribution in [0.4, 0.5) is 4.39 Å². The van der Waals surface area contributed by atoms with E-state index in [1.165, 1.54) is 10.9 Å². The summed E-state index contributed by atoms with van der Waals surface area (Å²) in [6.07, 6.45) is 2.90. The van der Waals surface area contributed by atoms with Gasteiger partial charge in [-0.25, -0.2) is 4.39 Å². The van der Waals surface area contributed by atoms with Crippen molar-refractivity contribution >= 4 is 23.2 Å². The van der Waals surface area contributed by atoms with E-state index in [0.29, 0.717) is 30.3 Å². The Bertz CT molecular complexity index is 1220. The minimum absolute atomic E-state index is 0.00295. The Morgan fingerprint density at radius 1 is 1.11 bits per heavy atom. The van der Waals surface area contributed by atoms with Crippen LogP contribution < -0.4 is 9.47 Å². The molecule has 1 aliphatic heterocycles. The van der Waals surface area contributed by atoms with E-state index in [2.05, 4.69) is 0 Å². The number of amides is 2. The molecule has 1 aliphatic carbocycles. The van der Waals surface area contributed by atoms with Gasteiger partial charge < -0.3 is 19.3 Å². The highest BCUT2D eigenvalue weighted by atomic mass is 32.1. The fourth-order valence-electron chi connectivity index (χ4n) is 4.61. The molecular weight excluding hydrogens is 479 g/mol. The Morgan fingerprint density at radius 2 is 1.89 bits per heavy atom. The van der Waals surface area contributed by atoms with Gasteiger partial charge in [0.1, 0.15) is 18.9 Å². The maximum atomic E-state index is 14.2. The standard InChI is InChI=1S/C28H29FN2O4S/c1-34-21-10-8-20(9-11-21)28(33)30(16-19-6-7-19)17-27(32)31-14-12-26-22(13-15-36-26)24(31)18-35-25-5-3-2-4-23(25)29/h2-5,8-11,13,15,19,24H,6-7,12,14,16-18H2,1H3/t24-/m0/s1. The van der Waals surface area contributed by atoms with Crippen LogP contribution in [0.25, 0.3) is 0 Å². The van der Waals surface area contributed by atoms with Gasteiger partial charge >= 0.3 is 0 Å². The lowest BCUT2D eigenvalue weighted by atomic mass is 10.00. The number of thiophene rings is 1. The predicted octanol–water partition coefficient (Wildman–Crippen LogP) is 4.95. The highest BCUT2D eigenvalue weighted by Crippen LogP contribution is 2.35. The van der Waals surface area contributed by atoms with Crippen LogP contribution in [-0.2, 0) is 11.2 Å². The summed E-state index contributed by atoms with van der Waals surface area (Å²) in [5.74, 6) is 0.551. The second-order valence-corrected chi connectivity index (χ2v) is 10.3. The van der Waals surface area contributed by atoms with Gasteiger partial charge in [-0.2, -0.15) is 0 Å². The van der Waals surface area contributed by atoms with Gasteiger partial charge in [0.2, 0.25) is 5.91 Å². The van der Waals surface area contributed by atoms with E-state index in [1.54, 1.807) is 70.7 Å². The van der Waals surface area contributed by atoms with Gasteiger partial charge in [0, 0.05) is 23.5 Å². The van der Waals surface area contributed by atoms with Crippen molar-refractivity contribution in [1.82, 2.24) is 9.80 Å². The van der Waals surface area contributed by atoms with Crippen LogP contribution >= 0.6 is 11.3 Å². The number of hydrogen-bond acceptors (Lipinski definition) is 5. The zero-order valence-electron chi connectivity index (χ0n) is 20.2. The van der Waals surface area contributed by atoms with Gasteiger partial charge in [0.05, 0.1) is 13.2 Å². The van der Waals surface area contributed by atoms with Crippen molar-refractivity contribution < 1.29 is 23.5 Å². The Kier molecular flexibility index (Phi) is 7.23. The summed E-state index contributed by atoms with van der Waals surface area (Å²) in [4.78, 5) is 31.7. The van der Waals surface area contributed by atoms with Gasteiger partial charge in [-0.15, -0.1) is 11.3 Å². The minimum atomic E-state index is -0.433. The molecule has 188 valence electrons. The van der Waals surface area contributed by atoms with E-state index in [1.807, 2.05) is 11.4 Å². The van der Waals surface area contributed by atoms with Gasteiger partial charge in [0.15, 0.2) is 11.6 Å². The molecule has 1 fully saturated rings. The molecule has 1 saturated carbocycles. The number of rotatable bonds is 9. The Labute approximate surface area is 214 Å². The van der Waals surface area contributed by atoms with Crippen LogP contribution in [0.5, 0.6) is 11.5 Å². The third kappa shape index (κ3) is 5.38. The number of benzene rings is 2. The number of hydrogen-bond donors (Lipinski definition) is 0. The Hall–Kier alpha value is -3.39. The first-order valence-corrected chi connectivity index (χ1v) is 13.1. The van der Waals surface area contributed by atoms with Crippen molar-refractivity contribution in [1.29, 1.82) is 0 Å². The molecule has 0 unspecified atom stereocenters. The number of methoxy groups -OCH3 is 1. The summed E-state index contributed by atoms with van der Waals surface area (Å²) in [5, 5.41) is 2.02. The summed E-state index contributed by atoms with van der Waals surface area (Å²) in [5.41, 5.74) is 1.56. The molecule has 3 aromatic rings. The first kappa shape index (κ1) is 24.3. The summed E-state index contributed by atoms with van der Waals surface area (Å²) in [7, 11) is 1.58. The molecule has 0 bridgehead atoms. The third-order valence-electron chi connectivity index (χ3n) is 6.77. The molecule has 2 aliphatic rings. The summed E-state index contributed by atoms with van der Waals surface area (Å²) < 4.78 is 25.2. The highest BCUT2D eigenvalue weighted by molar-refractivity contribution is 7.10. The van der Waals surface area contributed by atoms with Gasteiger partial charge in [-0.1, -0.05) is 12.1 Å². The lowest BCUT2D eigenvalue weighted by Gasteiger charge is -2.37. The molecule has 2 aromatic carbocycles. The molecule has 5 rings (SSSR count). The Morgan fingerprint density at radius 3 is 2.61 bits per heavy atom. The van der Waals surface area contributed by atoms with Gasteiger partial charge in [0.25, 0.3) is 5.91 Å². The molecule has 36 heavy (non-hydrogen) atoms. The number of carbonyl (C=O) groups excluding carboxylic acids is 2. The highest BCUT2D eigenvalue weighted by Gasteiger charge is 2.35. The number of nitrogens with zero attached hydrogens (tertiary/aromatic N) is 2. The second-order valence-electron chi connectivity index (χ2n) is 9.25. The summed E-state index contributed by atoms with van der Waals surface area (Å²) in [6.45, 7) is 1.23. The molecule has 0 N–H and O–H groups in total. The minimum Gasteiger partial charge on any atom is -0.497 e. The number of halogens is 1. The average molecular weight is 509 g/mol. The average Bonchev–Trinajstić information content (AvgIpc) is 3.59. The molecule has 6 nitrogen and oxygen atoms in total. The van der Waals surface area contributed by atoms with Crippen LogP contribution in [0.2, 0.25) is 0 Å². The van der Waals surface area contributed by atoms with Gasteiger partial charge in [-0.3, -0.25) is 9.59 Å². The number of para-hydroxylation sites is 1. The van der Waals surface area contributed by atoms with E-state index in [0.717, 1.165) is 24.8 Å². The summed E-state index contributed by atoms with van der Waals surface area (Å²) in [6, 6.07) is 14.9. The maximum absolute atomic E-state index is 14.2. The van der Waals surface area contributed by atoms with E-state index in [-0.39, 0.29) is 36.8 Å². The van der Waals surface area contributed by atoms with Crippen LogP contribution in [0.3, 0.4) is 0 Å². The molecule has 0 spiro atoms. The zero-order chi connectivity index (χ0) is 25.1. The molecular formula is C28H29FN2O4S. The number of carbonyl (C=O) groups is 2. The van der Waals surface area contributed by atoms with E-state index in [9.17, 15) is 14.0 Å². The zero-order valence-corrected chi connectivity index (χ0v) is 21.0. The lowest BCUT2D eigenvalue weighted by Crippen LogP contribution is -2.48. The van der Waals surface area contributed by atoms with Crippen molar-refractivity contribution in [2.24, 2.45) is 5.92 Å². The normalized spacial score (nSPS) is 16.8. The van der Waals surface area contributed by atoms with Crippen molar-refractivity contribution in [3.63, 3.8) is 0 Å². The molecule has 8 heteroatoms. The van der Waals surface area contributed by atoms with Gasteiger partial charge in [-0.05, 0) is 78.6 Å². The largest absolute Gasteiger partial charge is 0.497 e. The fourth-order valence-corrected chi connectivity index (χ4v) is 5.53. The van der Waals surface area contributed by atoms with Crippen LogP contribution in [0.1, 0.15) is 39.7 Å². The fraction of sp³-hybridized carbons (Fsp3) is 0.357. The molecule has 2 amide bonds. The number of fused-ring (bicyclic) bond motifs is 1. The van der Waals surface area contributed by atoms with Crippen molar-refractivity contribution in [3.8, 4) is 11.5 Å². The SMILES string of the molecule is COc1ccc(C(=O)N(CC(=O)N2CCc3sccc3[C@@H]2COc2ccccc2F)CC2CC2)cc1. The predicted molar refractivity (Wildman–Crippen MR) is 136 cm³/mol. The smallest absolute Gasteiger partial charge is 0.254 e. The lowest BCUT2D eigenvalue weighted by molar-refractivity contribution is -0.135. The van der Waals surface area contributed by atoms with E-state index < -0.39 is 5.82 Å². The first-order chi connectivity index (χ1) is 17.5. The maximum Gasteiger partial charge on any atom is 0.254 e. The monoisotopic (exact) mass is 508 g/mol. The van der Waals surface area contributed by atoms with Crippen LogP contribution in [-0.4, -0.2) is 55.0 Å². The second kappa shape index (κ2) is 10.7. The van der Waals surface area contributed by atoms with Crippen LogP contribution in [0, 0.1) is 11.7 Å². The first-order valence-electron chi connectivity index (χ1n) is 12.2.